The van der Waals surface area contributed by atoms with E-state index in [2.05, 4.69) is 5.32 Å². The van der Waals surface area contributed by atoms with E-state index in [1.807, 2.05) is 7.05 Å². The maximum absolute atomic E-state index is 13.9. The van der Waals surface area contributed by atoms with Crippen molar-refractivity contribution in [3.05, 3.63) is 35.4 Å². The van der Waals surface area contributed by atoms with E-state index in [0.29, 0.717) is 11.5 Å². The third kappa shape index (κ3) is 2.89. The third-order valence-corrected chi connectivity index (χ3v) is 4.00. The zero-order valence-electron chi connectivity index (χ0n) is 10.9. The molecule has 0 bridgehead atoms. The monoisotopic (exact) mass is 253 g/mol. The highest BCUT2D eigenvalue weighted by Gasteiger charge is 2.28. The maximum Gasteiger partial charge on any atom is 0.129 e. The lowest BCUT2D eigenvalue weighted by molar-refractivity contribution is 0.364. The molecule has 1 N–H and O–H groups in total. The van der Waals surface area contributed by atoms with Crippen LogP contribution in [0.25, 0.3) is 0 Å². The highest BCUT2D eigenvalue weighted by atomic mass is 19.1. The first-order valence-corrected chi connectivity index (χ1v) is 6.82. The van der Waals surface area contributed by atoms with Crippen LogP contribution in [0.4, 0.5) is 8.78 Å². The van der Waals surface area contributed by atoms with Crippen molar-refractivity contribution >= 4 is 0 Å². The number of nitrogens with one attached hydrogen (secondary N) is 1. The van der Waals surface area contributed by atoms with Crippen molar-refractivity contribution in [2.75, 3.05) is 13.6 Å². The summed E-state index contributed by atoms with van der Waals surface area (Å²) in [7, 11) is 1.90. The normalized spacial score (nSPS) is 24.8. The summed E-state index contributed by atoms with van der Waals surface area (Å²) in [6, 6.07) is 4.19. The maximum atomic E-state index is 13.9. The molecule has 2 rings (SSSR count). The highest BCUT2D eigenvalue weighted by Crippen LogP contribution is 2.38. The van der Waals surface area contributed by atoms with Gasteiger partial charge in [0.25, 0.3) is 0 Å². The molecule has 0 aliphatic heterocycles. The number of benzene rings is 1. The Morgan fingerprint density at radius 2 is 1.78 bits per heavy atom. The van der Waals surface area contributed by atoms with E-state index in [1.54, 1.807) is 0 Å². The van der Waals surface area contributed by atoms with Gasteiger partial charge in [0.1, 0.15) is 11.6 Å². The number of hydrogen-bond acceptors (Lipinski definition) is 1. The van der Waals surface area contributed by atoms with Crippen molar-refractivity contribution in [3.8, 4) is 0 Å². The van der Waals surface area contributed by atoms with Crippen LogP contribution >= 0.6 is 0 Å². The van der Waals surface area contributed by atoms with Gasteiger partial charge >= 0.3 is 0 Å². The predicted octanol–water partition coefficient (Wildman–Crippen LogP) is 3.85. The Morgan fingerprint density at radius 3 is 2.44 bits per heavy atom. The minimum Gasteiger partial charge on any atom is -0.319 e. The fraction of sp³-hybridized carbons (Fsp3) is 0.600. The molecule has 0 aromatic heterocycles. The van der Waals surface area contributed by atoms with Gasteiger partial charge in [0.15, 0.2) is 0 Å². The Bertz CT molecular complexity index is 372. The van der Waals surface area contributed by atoms with Gasteiger partial charge in [-0.05, 0) is 50.4 Å². The molecule has 2 unspecified atom stereocenters. The summed E-state index contributed by atoms with van der Waals surface area (Å²) in [5, 5.41) is 3.16. The van der Waals surface area contributed by atoms with Crippen LogP contribution in [0.3, 0.4) is 0 Å². The smallest absolute Gasteiger partial charge is 0.129 e. The molecule has 0 spiro atoms. The van der Waals surface area contributed by atoms with E-state index in [1.165, 1.54) is 31.0 Å². The first-order chi connectivity index (χ1) is 8.74. The summed E-state index contributed by atoms with van der Waals surface area (Å²) in [4.78, 5) is 0. The van der Waals surface area contributed by atoms with E-state index in [0.717, 1.165) is 25.8 Å². The molecule has 1 nitrogen and oxygen atoms in total. The SMILES string of the molecule is CNCC1CCCCCC1c1c(F)cccc1F. The second-order valence-electron chi connectivity index (χ2n) is 5.20. The Labute approximate surface area is 108 Å². The zero-order valence-corrected chi connectivity index (χ0v) is 10.9. The van der Waals surface area contributed by atoms with Crippen LogP contribution in [0.2, 0.25) is 0 Å². The van der Waals surface area contributed by atoms with E-state index in [-0.39, 0.29) is 17.6 Å². The molecule has 1 aliphatic rings. The molecule has 1 aromatic rings. The molecule has 0 radical (unpaired) electrons. The lowest BCUT2D eigenvalue weighted by Crippen LogP contribution is -2.25. The van der Waals surface area contributed by atoms with Gasteiger partial charge < -0.3 is 5.32 Å². The molecular weight excluding hydrogens is 232 g/mol. The minimum absolute atomic E-state index is 0.0150. The predicted molar refractivity (Wildman–Crippen MR) is 69.6 cm³/mol. The van der Waals surface area contributed by atoms with Crippen molar-refractivity contribution < 1.29 is 8.78 Å². The first kappa shape index (κ1) is 13.5. The van der Waals surface area contributed by atoms with Gasteiger partial charge in [-0.3, -0.25) is 0 Å². The Kier molecular flexibility index (Phi) is 4.70. The van der Waals surface area contributed by atoms with Crippen molar-refractivity contribution in [1.82, 2.24) is 5.32 Å². The van der Waals surface area contributed by atoms with Gasteiger partial charge in [0, 0.05) is 5.56 Å². The Morgan fingerprint density at radius 1 is 1.11 bits per heavy atom. The molecular formula is C15H21F2N. The molecule has 100 valence electrons. The van der Waals surface area contributed by atoms with Gasteiger partial charge in [0.2, 0.25) is 0 Å². The van der Waals surface area contributed by atoms with Crippen molar-refractivity contribution in [1.29, 1.82) is 0 Å². The summed E-state index contributed by atoms with van der Waals surface area (Å²) in [5.74, 6) is -0.420. The molecule has 0 saturated heterocycles. The summed E-state index contributed by atoms with van der Waals surface area (Å²) in [6.45, 7) is 0.832. The van der Waals surface area contributed by atoms with Crippen LogP contribution in [0, 0.1) is 17.6 Å². The molecule has 0 amide bonds. The third-order valence-electron chi connectivity index (χ3n) is 4.00. The fourth-order valence-electron chi connectivity index (χ4n) is 3.14. The zero-order chi connectivity index (χ0) is 13.0. The van der Waals surface area contributed by atoms with E-state index in [9.17, 15) is 8.78 Å². The summed E-state index contributed by atoms with van der Waals surface area (Å²) in [5.41, 5.74) is 0.305. The number of hydrogen-bond donors (Lipinski definition) is 1. The Balaban J connectivity index is 2.31. The lowest BCUT2D eigenvalue weighted by Gasteiger charge is -2.26. The van der Waals surface area contributed by atoms with E-state index < -0.39 is 0 Å². The van der Waals surface area contributed by atoms with Gasteiger partial charge in [-0.15, -0.1) is 0 Å². The van der Waals surface area contributed by atoms with Crippen LogP contribution in [0.15, 0.2) is 18.2 Å². The largest absolute Gasteiger partial charge is 0.319 e. The van der Waals surface area contributed by atoms with Gasteiger partial charge in [-0.25, -0.2) is 8.78 Å². The van der Waals surface area contributed by atoms with E-state index in [4.69, 9.17) is 0 Å². The number of halogens is 2. The second kappa shape index (κ2) is 6.28. The molecule has 2 atom stereocenters. The Hall–Kier alpha value is -0.960. The second-order valence-corrected chi connectivity index (χ2v) is 5.20. The van der Waals surface area contributed by atoms with Crippen LogP contribution < -0.4 is 5.32 Å². The van der Waals surface area contributed by atoms with Gasteiger partial charge in [0.05, 0.1) is 0 Å². The molecule has 1 aliphatic carbocycles. The minimum atomic E-state index is -0.386. The van der Waals surface area contributed by atoms with Crippen molar-refractivity contribution in [2.24, 2.45) is 5.92 Å². The molecule has 0 heterocycles. The fourth-order valence-corrected chi connectivity index (χ4v) is 3.14. The quantitative estimate of drug-likeness (QED) is 0.807. The van der Waals surface area contributed by atoms with Crippen LogP contribution in [-0.4, -0.2) is 13.6 Å². The van der Waals surface area contributed by atoms with Crippen molar-refractivity contribution in [3.63, 3.8) is 0 Å². The lowest BCUT2D eigenvalue weighted by atomic mass is 9.82. The topological polar surface area (TPSA) is 12.0 Å². The van der Waals surface area contributed by atoms with Crippen molar-refractivity contribution in [2.45, 2.75) is 38.0 Å². The van der Waals surface area contributed by atoms with Gasteiger partial charge in [-0.2, -0.15) is 0 Å². The first-order valence-electron chi connectivity index (χ1n) is 6.82. The highest BCUT2D eigenvalue weighted by molar-refractivity contribution is 5.25. The van der Waals surface area contributed by atoms with E-state index >= 15 is 0 Å². The average Bonchev–Trinajstić information content (AvgIpc) is 2.56. The summed E-state index contributed by atoms with van der Waals surface area (Å²) >= 11 is 0. The standard InChI is InChI=1S/C15H21F2N/c1-18-10-11-6-3-2-4-7-12(11)15-13(16)8-5-9-14(15)17/h5,8-9,11-12,18H,2-4,6-7,10H2,1H3. The van der Waals surface area contributed by atoms with Gasteiger partial charge in [-0.1, -0.05) is 25.3 Å². The average molecular weight is 253 g/mol. The number of rotatable bonds is 3. The molecule has 1 fully saturated rings. The molecule has 18 heavy (non-hydrogen) atoms. The van der Waals surface area contributed by atoms with Crippen LogP contribution in [-0.2, 0) is 0 Å². The molecule has 1 saturated carbocycles. The summed E-state index contributed by atoms with van der Waals surface area (Å²) < 4.78 is 27.8. The molecule has 1 aromatic carbocycles. The van der Waals surface area contributed by atoms with Crippen LogP contribution in [0.1, 0.15) is 43.6 Å². The summed E-state index contributed by atoms with van der Waals surface area (Å²) in [6.07, 6.45) is 5.36. The van der Waals surface area contributed by atoms with Crippen LogP contribution in [0.5, 0.6) is 0 Å². The molecule has 3 heteroatoms.